The van der Waals surface area contributed by atoms with Crippen molar-refractivity contribution < 1.29 is 53.8 Å². The number of carboxylic acid groups (broad SMARTS) is 3. The van der Waals surface area contributed by atoms with Gasteiger partial charge in [-0.15, -0.1) is 0 Å². The van der Waals surface area contributed by atoms with Crippen LogP contribution in [0.3, 0.4) is 0 Å². The van der Waals surface area contributed by atoms with Gasteiger partial charge < -0.3 is 20.2 Å². The quantitative estimate of drug-likeness (QED) is 0.135. The van der Waals surface area contributed by atoms with Gasteiger partial charge in [0.2, 0.25) is 0 Å². The van der Waals surface area contributed by atoms with Crippen molar-refractivity contribution in [2.24, 2.45) is 0 Å². The lowest BCUT2D eigenvalue weighted by Crippen LogP contribution is -2.50. The Morgan fingerprint density at radius 3 is 1.72 bits per heavy atom. The van der Waals surface area contributed by atoms with Gasteiger partial charge in [0.15, 0.2) is 0 Å². The summed E-state index contributed by atoms with van der Waals surface area (Å²) in [5.41, 5.74) is 0.909. The highest BCUT2D eigenvalue weighted by molar-refractivity contribution is 5.72. The minimum atomic E-state index is -1.11. The molecule has 18 nitrogen and oxygen atoms in total. The van der Waals surface area contributed by atoms with Crippen molar-refractivity contribution in [2.45, 2.75) is 25.3 Å². The van der Waals surface area contributed by atoms with Crippen LogP contribution in [-0.2, 0) is 40.0 Å². The van der Waals surface area contributed by atoms with Crippen LogP contribution in [0.1, 0.15) is 18.4 Å². The van der Waals surface area contributed by atoms with Crippen LogP contribution in [0.4, 0.5) is 5.69 Å². The van der Waals surface area contributed by atoms with Crippen LogP contribution in [-0.4, -0.2) is 174 Å². The van der Waals surface area contributed by atoms with E-state index >= 15 is 0 Å². The molecule has 1 atom stereocenters. The van der Waals surface area contributed by atoms with E-state index in [1.54, 1.807) is 12.1 Å². The second kappa shape index (κ2) is 24.8. The highest BCUT2D eigenvalue weighted by atomic mass is 16.6. The maximum absolute atomic E-state index is 11.7. The smallest absolute Gasteiger partial charge is 0.373 e. The molecule has 1 aliphatic heterocycles. The molecule has 1 aliphatic rings. The lowest BCUT2D eigenvalue weighted by atomic mass is 10.0. The Morgan fingerprint density at radius 1 is 0.830 bits per heavy atom. The first-order valence-corrected chi connectivity index (χ1v) is 14.7. The Morgan fingerprint density at radius 2 is 1.30 bits per heavy atom. The summed E-state index contributed by atoms with van der Waals surface area (Å²) in [6.07, 6.45) is 2.26. The Hall–Kier alpha value is -4.41. The lowest BCUT2D eigenvalue weighted by molar-refractivity contribution is -0.384. The van der Waals surface area contributed by atoms with Crippen molar-refractivity contribution >= 4 is 35.9 Å². The van der Waals surface area contributed by atoms with E-state index in [0.29, 0.717) is 52.0 Å². The molecule has 0 amide bonds. The number of benzene rings is 1. The predicted octanol–water partition coefficient (Wildman–Crippen LogP) is -0.844. The van der Waals surface area contributed by atoms with Gasteiger partial charge in [0.1, 0.15) is 0 Å². The van der Waals surface area contributed by atoms with Gasteiger partial charge in [-0.2, -0.15) is 19.2 Å². The van der Waals surface area contributed by atoms with Crippen molar-refractivity contribution in [3.8, 4) is 0 Å². The number of hydrogen-bond acceptors (Lipinski definition) is 14. The molecule has 1 unspecified atom stereocenters. The van der Waals surface area contributed by atoms with Gasteiger partial charge in [0, 0.05) is 77.1 Å². The third-order valence-electron chi connectivity index (χ3n) is 7.23. The maximum Gasteiger partial charge on any atom is 0.373 e. The predicted molar refractivity (Wildman–Crippen MR) is 162 cm³/mol. The van der Waals surface area contributed by atoms with Crippen molar-refractivity contribution in [1.82, 2.24) is 24.5 Å². The van der Waals surface area contributed by atoms with Gasteiger partial charge in [-0.05, 0) is 38.9 Å². The molecule has 18 heteroatoms. The summed E-state index contributed by atoms with van der Waals surface area (Å²) in [7, 11) is 4.00. The Kier molecular flexibility index (Phi) is 22.5. The Labute approximate surface area is 272 Å². The summed E-state index contributed by atoms with van der Waals surface area (Å²) in [6, 6.07) is 5.91. The molecule has 1 aromatic carbocycles. The summed E-state index contributed by atoms with van der Waals surface area (Å²) in [5, 5.41) is 39.4. The second-order valence-electron chi connectivity index (χ2n) is 10.9. The molecular formula is C29H44N6O12. The van der Waals surface area contributed by atoms with E-state index in [-0.39, 0.29) is 30.6 Å². The number of rotatable bonds is 17. The monoisotopic (exact) mass is 668 g/mol. The van der Waals surface area contributed by atoms with Crippen LogP contribution in [0.25, 0.3) is 0 Å². The first-order valence-electron chi connectivity index (χ1n) is 14.7. The fraction of sp³-hybridized carbons (Fsp3) is 0.621. The normalized spacial score (nSPS) is 14.9. The van der Waals surface area contributed by atoms with Crippen LogP contribution in [0.5, 0.6) is 0 Å². The number of non-ortho nitro benzene ring substituents is 1. The fourth-order valence-electron chi connectivity index (χ4n) is 4.96. The first-order chi connectivity index (χ1) is 22.3. The third-order valence-corrected chi connectivity index (χ3v) is 7.23. The average Bonchev–Trinajstić information content (AvgIpc) is 3.06. The van der Waals surface area contributed by atoms with Gasteiger partial charge in [-0.3, -0.25) is 44.1 Å². The molecular weight excluding hydrogens is 624 g/mol. The van der Waals surface area contributed by atoms with E-state index in [2.05, 4.69) is 14.7 Å². The van der Waals surface area contributed by atoms with Gasteiger partial charge in [-0.1, -0.05) is 12.1 Å². The molecule has 2 rings (SSSR count). The summed E-state index contributed by atoms with van der Waals surface area (Å²) >= 11 is 0. The molecule has 0 spiro atoms. The van der Waals surface area contributed by atoms with Gasteiger partial charge >= 0.3 is 30.2 Å². The van der Waals surface area contributed by atoms with E-state index in [4.69, 9.17) is 19.2 Å². The van der Waals surface area contributed by atoms with Crippen LogP contribution in [0.2, 0.25) is 0 Å². The number of nitro groups is 1. The minimum Gasteiger partial charge on any atom is -0.480 e. The molecule has 262 valence electrons. The summed E-state index contributed by atoms with van der Waals surface area (Å²) in [6.45, 7) is 5.10. The SMILES string of the molecule is CN(C)CCN1CCN(CC(=O)O)CCN(CC(CCCc2ccc([N+](=O)[O-])cc2)N(CC(=O)O)CC(=O)O)CC1.O=C=O.O=C=O. The number of nitro benzene ring substituents is 1. The Balaban J connectivity index is 0.00000326. The van der Waals surface area contributed by atoms with E-state index in [9.17, 15) is 39.8 Å². The Bertz CT molecular complexity index is 1140. The second-order valence-corrected chi connectivity index (χ2v) is 10.9. The number of aryl methyl sites for hydroxylation is 1. The van der Waals surface area contributed by atoms with Crippen molar-refractivity contribution in [1.29, 1.82) is 0 Å². The van der Waals surface area contributed by atoms with E-state index in [0.717, 1.165) is 31.7 Å². The highest BCUT2D eigenvalue weighted by Gasteiger charge is 2.27. The molecule has 0 aromatic heterocycles. The first kappa shape index (κ1) is 42.6. The fourth-order valence-corrected chi connectivity index (χ4v) is 4.96. The van der Waals surface area contributed by atoms with Crippen LogP contribution in [0, 0.1) is 10.1 Å². The average molecular weight is 669 g/mol. The van der Waals surface area contributed by atoms with Gasteiger partial charge in [-0.25, -0.2) is 0 Å². The number of nitrogens with zero attached hydrogens (tertiary/aromatic N) is 6. The largest absolute Gasteiger partial charge is 0.480 e. The molecule has 1 aromatic rings. The zero-order valence-electron chi connectivity index (χ0n) is 26.7. The van der Waals surface area contributed by atoms with Gasteiger partial charge in [0.25, 0.3) is 5.69 Å². The van der Waals surface area contributed by atoms with Crippen LogP contribution in [0.15, 0.2) is 24.3 Å². The van der Waals surface area contributed by atoms with Crippen molar-refractivity contribution in [3.05, 3.63) is 39.9 Å². The summed E-state index contributed by atoms with van der Waals surface area (Å²) in [4.78, 5) is 87.7. The standard InChI is InChI=1S/C27H44N6O8.2CO2/c1-28(2)10-11-29-12-14-30(16-17-31(15-13-29)19-25(34)35)18-24(32(20-26(36)37)21-27(38)39)5-3-4-22-6-8-23(9-7-22)33(40)41;2*2-1-3/h6-9,24H,3-5,10-21H2,1-2H3,(H,34,35)(H,36,37)(H,38,39);;. The molecule has 3 N–H and O–H groups in total. The zero-order valence-corrected chi connectivity index (χ0v) is 26.7. The topological polar surface area (TPSA) is 240 Å². The third kappa shape index (κ3) is 21.1. The van der Waals surface area contributed by atoms with Crippen LogP contribution >= 0.6 is 0 Å². The molecule has 0 aliphatic carbocycles. The maximum atomic E-state index is 11.7. The van der Waals surface area contributed by atoms with Gasteiger partial charge in [0.05, 0.1) is 24.6 Å². The highest BCUT2D eigenvalue weighted by Crippen LogP contribution is 2.17. The molecule has 0 saturated carbocycles. The number of hydrogen-bond donors (Lipinski definition) is 3. The summed E-state index contributed by atoms with van der Waals surface area (Å²) < 4.78 is 0. The van der Waals surface area contributed by atoms with E-state index < -0.39 is 35.9 Å². The number of carboxylic acids is 3. The van der Waals surface area contributed by atoms with E-state index in [1.165, 1.54) is 17.0 Å². The van der Waals surface area contributed by atoms with Crippen molar-refractivity contribution in [3.63, 3.8) is 0 Å². The molecule has 47 heavy (non-hydrogen) atoms. The number of carbonyl (C=O) groups excluding carboxylic acids is 4. The van der Waals surface area contributed by atoms with Crippen molar-refractivity contribution in [2.75, 3.05) is 92.6 Å². The van der Waals surface area contributed by atoms with Crippen LogP contribution < -0.4 is 0 Å². The zero-order chi connectivity index (χ0) is 35.8. The number of likely N-dealkylation sites (N-methyl/N-ethyl adjacent to an activating group) is 1. The molecule has 1 heterocycles. The minimum absolute atomic E-state index is 0.00489. The molecule has 0 radical (unpaired) electrons. The number of carbonyl (C=O) groups is 3. The lowest BCUT2D eigenvalue weighted by Gasteiger charge is -2.35. The summed E-state index contributed by atoms with van der Waals surface area (Å²) in [5.74, 6) is -3.12. The molecule has 1 saturated heterocycles. The molecule has 0 bridgehead atoms. The number of aliphatic carboxylic acids is 3. The molecule has 1 fully saturated rings. The van der Waals surface area contributed by atoms with E-state index in [1.807, 2.05) is 19.0 Å².